The number of rotatable bonds is 6. The first-order valence-electron chi connectivity index (χ1n) is 6.54. The van der Waals surface area contributed by atoms with Crippen molar-refractivity contribution in [2.75, 3.05) is 6.61 Å². The minimum Gasteiger partial charge on any atom is -0.487 e. The minimum atomic E-state index is -0.411. The molecule has 0 radical (unpaired) electrons. The topological polar surface area (TPSA) is 65.3 Å². The van der Waals surface area contributed by atoms with E-state index < -0.39 is 4.92 Å². The molecule has 0 spiro atoms. The molecule has 2 rings (SSSR count). The highest BCUT2D eigenvalue weighted by Crippen LogP contribution is 2.32. The fourth-order valence-corrected chi connectivity index (χ4v) is 1.83. The zero-order valence-corrected chi connectivity index (χ0v) is 11.3. The molecular formula is C15H16N2O3. The highest BCUT2D eigenvalue weighted by Gasteiger charge is 2.16. The lowest BCUT2D eigenvalue weighted by atomic mass is 10.1. The second-order valence-electron chi connectivity index (χ2n) is 4.38. The van der Waals surface area contributed by atoms with Crippen LogP contribution in [-0.4, -0.2) is 16.5 Å². The molecule has 0 saturated carbocycles. The van der Waals surface area contributed by atoms with Crippen LogP contribution in [0.1, 0.15) is 19.8 Å². The Morgan fingerprint density at radius 2 is 1.95 bits per heavy atom. The standard InChI is InChI=1S/C15H16N2O3/c1-2-3-10-20-15-5-4-13(11-14(15)17(18)19)12-6-8-16-9-7-12/h4-9,11H,2-3,10H2,1H3. The van der Waals surface area contributed by atoms with E-state index in [1.54, 1.807) is 18.5 Å². The highest BCUT2D eigenvalue weighted by atomic mass is 16.6. The summed E-state index contributed by atoms with van der Waals surface area (Å²) < 4.78 is 5.48. The van der Waals surface area contributed by atoms with Gasteiger partial charge in [-0.05, 0) is 35.7 Å². The van der Waals surface area contributed by atoms with E-state index in [1.165, 1.54) is 6.07 Å². The Balaban J connectivity index is 2.30. The smallest absolute Gasteiger partial charge is 0.311 e. The van der Waals surface area contributed by atoms with E-state index in [4.69, 9.17) is 4.74 Å². The maximum Gasteiger partial charge on any atom is 0.311 e. The van der Waals surface area contributed by atoms with Crippen LogP contribution >= 0.6 is 0 Å². The highest BCUT2D eigenvalue weighted by molar-refractivity contribution is 5.68. The summed E-state index contributed by atoms with van der Waals surface area (Å²) in [5, 5.41) is 11.2. The van der Waals surface area contributed by atoms with Crippen LogP contribution in [0.2, 0.25) is 0 Å². The molecule has 1 aromatic heterocycles. The molecule has 0 amide bonds. The van der Waals surface area contributed by atoms with E-state index in [0.29, 0.717) is 12.4 Å². The van der Waals surface area contributed by atoms with Gasteiger partial charge in [-0.1, -0.05) is 19.4 Å². The Labute approximate surface area is 117 Å². The lowest BCUT2D eigenvalue weighted by Crippen LogP contribution is -2.00. The maximum absolute atomic E-state index is 11.2. The molecule has 0 unspecified atom stereocenters. The Morgan fingerprint density at radius 3 is 2.60 bits per heavy atom. The van der Waals surface area contributed by atoms with Crippen molar-refractivity contribution >= 4 is 5.69 Å². The maximum atomic E-state index is 11.2. The van der Waals surface area contributed by atoms with E-state index in [1.807, 2.05) is 25.1 Å². The first-order chi connectivity index (χ1) is 9.72. The molecule has 20 heavy (non-hydrogen) atoms. The third-order valence-electron chi connectivity index (χ3n) is 2.92. The van der Waals surface area contributed by atoms with E-state index >= 15 is 0 Å². The minimum absolute atomic E-state index is 0.00425. The molecule has 0 fully saturated rings. The number of unbranched alkanes of at least 4 members (excludes halogenated alkanes) is 1. The molecule has 1 aromatic carbocycles. The SMILES string of the molecule is CCCCOc1ccc(-c2ccncc2)cc1[N+](=O)[O-]. The van der Waals surface area contributed by atoms with Crippen molar-refractivity contribution in [1.29, 1.82) is 0 Å². The molecule has 0 N–H and O–H groups in total. The lowest BCUT2D eigenvalue weighted by molar-refractivity contribution is -0.385. The number of nitrogens with zero attached hydrogens (tertiary/aromatic N) is 2. The van der Waals surface area contributed by atoms with Crippen molar-refractivity contribution < 1.29 is 9.66 Å². The van der Waals surface area contributed by atoms with Crippen LogP contribution in [0.15, 0.2) is 42.7 Å². The first-order valence-corrected chi connectivity index (χ1v) is 6.54. The summed E-state index contributed by atoms with van der Waals surface area (Å²) in [6.45, 7) is 2.54. The molecule has 0 aliphatic heterocycles. The van der Waals surface area contributed by atoms with Gasteiger partial charge in [0.2, 0.25) is 0 Å². The largest absolute Gasteiger partial charge is 0.487 e. The predicted molar refractivity (Wildman–Crippen MR) is 76.7 cm³/mol. The number of aromatic nitrogens is 1. The molecule has 5 nitrogen and oxygen atoms in total. The van der Waals surface area contributed by atoms with Crippen LogP contribution in [0, 0.1) is 10.1 Å². The normalized spacial score (nSPS) is 10.2. The monoisotopic (exact) mass is 272 g/mol. The Bertz CT molecular complexity index is 585. The quantitative estimate of drug-likeness (QED) is 0.455. The summed E-state index contributed by atoms with van der Waals surface area (Å²) in [5.74, 6) is 0.321. The number of hydrogen-bond donors (Lipinski definition) is 0. The summed E-state index contributed by atoms with van der Waals surface area (Å²) in [6.07, 6.45) is 5.19. The number of benzene rings is 1. The molecule has 104 valence electrons. The van der Waals surface area contributed by atoms with Crippen molar-refractivity contribution in [1.82, 2.24) is 4.98 Å². The van der Waals surface area contributed by atoms with Crippen LogP contribution in [0.4, 0.5) is 5.69 Å². The molecule has 1 heterocycles. The fourth-order valence-electron chi connectivity index (χ4n) is 1.83. The van der Waals surface area contributed by atoms with Crippen LogP contribution < -0.4 is 4.74 Å². The van der Waals surface area contributed by atoms with Crippen LogP contribution in [0.3, 0.4) is 0 Å². The van der Waals surface area contributed by atoms with Gasteiger partial charge in [-0.25, -0.2) is 0 Å². The molecular weight excluding hydrogens is 256 g/mol. The summed E-state index contributed by atoms with van der Waals surface area (Å²) in [5.41, 5.74) is 1.67. The molecule has 0 aliphatic rings. The van der Waals surface area contributed by atoms with Crippen molar-refractivity contribution in [3.63, 3.8) is 0 Å². The van der Waals surface area contributed by atoms with Gasteiger partial charge in [0.25, 0.3) is 0 Å². The molecule has 0 bridgehead atoms. The first kappa shape index (κ1) is 14.0. The molecule has 0 aliphatic carbocycles. The Kier molecular flexibility index (Phi) is 4.65. The number of nitro groups is 1. The molecule has 0 atom stereocenters. The number of nitro benzene ring substituents is 1. The van der Waals surface area contributed by atoms with E-state index in [2.05, 4.69) is 4.98 Å². The van der Waals surface area contributed by atoms with Gasteiger partial charge >= 0.3 is 5.69 Å². The van der Waals surface area contributed by atoms with E-state index in [9.17, 15) is 10.1 Å². The van der Waals surface area contributed by atoms with Gasteiger partial charge < -0.3 is 4.74 Å². The van der Waals surface area contributed by atoms with Crippen LogP contribution in [-0.2, 0) is 0 Å². The zero-order valence-electron chi connectivity index (χ0n) is 11.3. The van der Waals surface area contributed by atoms with Gasteiger partial charge in [0.1, 0.15) is 0 Å². The van der Waals surface area contributed by atoms with Gasteiger partial charge in [-0.3, -0.25) is 15.1 Å². The summed E-state index contributed by atoms with van der Waals surface area (Å²) in [4.78, 5) is 14.7. The van der Waals surface area contributed by atoms with Crippen LogP contribution in [0.5, 0.6) is 5.75 Å². The number of hydrogen-bond acceptors (Lipinski definition) is 4. The fraction of sp³-hybridized carbons (Fsp3) is 0.267. The molecule has 0 saturated heterocycles. The van der Waals surface area contributed by atoms with Crippen molar-refractivity contribution in [2.24, 2.45) is 0 Å². The summed E-state index contributed by atoms with van der Waals surface area (Å²) in [7, 11) is 0. The average Bonchev–Trinajstić information content (AvgIpc) is 2.48. The molecule has 2 aromatic rings. The second-order valence-corrected chi connectivity index (χ2v) is 4.38. The van der Waals surface area contributed by atoms with Crippen molar-refractivity contribution in [3.05, 3.63) is 52.8 Å². The average molecular weight is 272 g/mol. The summed E-state index contributed by atoms with van der Waals surface area (Å²) in [6, 6.07) is 8.65. The van der Waals surface area contributed by atoms with Gasteiger partial charge in [0, 0.05) is 18.5 Å². The predicted octanol–water partition coefficient (Wildman–Crippen LogP) is 3.84. The van der Waals surface area contributed by atoms with Gasteiger partial charge in [0.15, 0.2) is 5.75 Å². The third-order valence-corrected chi connectivity index (χ3v) is 2.92. The van der Waals surface area contributed by atoms with Gasteiger partial charge in [-0.2, -0.15) is 0 Å². The third kappa shape index (κ3) is 3.32. The van der Waals surface area contributed by atoms with Crippen molar-refractivity contribution in [2.45, 2.75) is 19.8 Å². The van der Waals surface area contributed by atoms with Gasteiger partial charge in [0.05, 0.1) is 11.5 Å². The number of pyridine rings is 1. The lowest BCUT2D eigenvalue weighted by Gasteiger charge is -2.08. The van der Waals surface area contributed by atoms with Crippen LogP contribution in [0.25, 0.3) is 11.1 Å². The van der Waals surface area contributed by atoms with Gasteiger partial charge in [-0.15, -0.1) is 0 Å². The Hall–Kier alpha value is -2.43. The molecule has 5 heteroatoms. The summed E-state index contributed by atoms with van der Waals surface area (Å²) >= 11 is 0. The van der Waals surface area contributed by atoms with E-state index in [0.717, 1.165) is 24.0 Å². The van der Waals surface area contributed by atoms with E-state index in [-0.39, 0.29) is 5.69 Å². The number of ether oxygens (including phenoxy) is 1. The zero-order chi connectivity index (χ0) is 14.4. The Morgan fingerprint density at radius 1 is 1.20 bits per heavy atom. The second kappa shape index (κ2) is 6.65. The van der Waals surface area contributed by atoms with Crippen molar-refractivity contribution in [3.8, 4) is 16.9 Å².